The molecule has 2 aromatic carbocycles. The lowest BCUT2D eigenvalue weighted by atomic mass is 10.2. The summed E-state index contributed by atoms with van der Waals surface area (Å²) in [5.41, 5.74) is 2.66. The van der Waals surface area contributed by atoms with E-state index in [2.05, 4.69) is 10.3 Å². The van der Waals surface area contributed by atoms with Crippen LogP contribution < -0.4 is 5.32 Å². The van der Waals surface area contributed by atoms with E-state index in [1.54, 1.807) is 18.4 Å². The second-order valence-electron chi connectivity index (χ2n) is 4.49. The van der Waals surface area contributed by atoms with Gasteiger partial charge in [-0.3, -0.25) is 0 Å². The van der Waals surface area contributed by atoms with E-state index in [1.807, 2.05) is 36.4 Å². The molecular weight excluding hydrogens is 307 g/mol. The van der Waals surface area contributed by atoms with E-state index in [-0.39, 0.29) is 0 Å². The number of nitrogens with one attached hydrogen (secondary N) is 1. The first kappa shape index (κ1) is 14.0. The predicted molar refractivity (Wildman–Crippen MR) is 85.7 cm³/mol. The second kappa shape index (κ2) is 6.20. The molecule has 5 heteroatoms. The van der Waals surface area contributed by atoms with Crippen molar-refractivity contribution in [3.63, 3.8) is 0 Å². The van der Waals surface area contributed by atoms with Crippen molar-refractivity contribution in [2.45, 2.75) is 6.54 Å². The van der Waals surface area contributed by atoms with Gasteiger partial charge in [0.15, 0.2) is 0 Å². The highest BCUT2D eigenvalue weighted by Gasteiger charge is 2.06. The molecule has 1 heterocycles. The molecule has 0 atom stereocenters. The Morgan fingerprint density at radius 1 is 1.00 bits per heavy atom. The maximum atomic E-state index is 5.97. The van der Waals surface area contributed by atoms with Crippen LogP contribution in [0.15, 0.2) is 59.2 Å². The van der Waals surface area contributed by atoms with Crippen LogP contribution in [0.2, 0.25) is 10.0 Å². The number of anilines is 1. The van der Waals surface area contributed by atoms with E-state index in [9.17, 15) is 0 Å². The van der Waals surface area contributed by atoms with Gasteiger partial charge in [-0.15, -0.1) is 0 Å². The van der Waals surface area contributed by atoms with Crippen LogP contribution in [0.1, 0.15) is 5.69 Å². The second-order valence-corrected chi connectivity index (χ2v) is 5.31. The number of benzene rings is 2. The summed E-state index contributed by atoms with van der Waals surface area (Å²) in [5, 5.41) is 4.29. The summed E-state index contributed by atoms with van der Waals surface area (Å²) in [4.78, 5) is 4.45. The number of nitrogens with zero attached hydrogens (tertiary/aromatic N) is 1. The van der Waals surface area contributed by atoms with E-state index in [1.165, 1.54) is 0 Å². The molecular formula is C16H12Cl2N2O. The minimum absolute atomic E-state index is 0.520. The van der Waals surface area contributed by atoms with E-state index < -0.39 is 0 Å². The van der Waals surface area contributed by atoms with E-state index in [0.717, 1.165) is 16.9 Å². The first-order valence-corrected chi connectivity index (χ1v) is 7.17. The molecule has 0 radical (unpaired) electrons. The van der Waals surface area contributed by atoms with Gasteiger partial charge in [-0.25, -0.2) is 4.98 Å². The summed E-state index contributed by atoms with van der Waals surface area (Å²) in [6.07, 6.45) is 1.65. The van der Waals surface area contributed by atoms with Crippen molar-refractivity contribution in [1.82, 2.24) is 4.98 Å². The quantitative estimate of drug-likeness (QED) is 0.713. The third-order valence-corrected chi connectivity index (χ3v) is 3.70. The normalized spacial score (nSPS) is 10.6. The van der Waals surface area contributed by atoms with Crippen LogP contribution in [-0.4, -0.2) is 4.98 Å². The molecule has 3 aromatic rings. The zero-order chi connectivity index (χ0) is 14.7. The third kappa shape index (κ3) is 3.38. The van der Waals surface area contributed by atoms with Gasteiger partial charge in [0.05, 0.1) is 22.3 Å². The highest BCUT2D eigenvalue weighted by molar-refractivity contribution is 6.42. The molecule has 0 amide bonds. The summed E-state index contributed by atoms with van der Waals surface area (Å²) < 4.78 is 5.48. The maximum absolute atomic E-state index is 5.97. The minimum Gasteiger partial charge on any atom is -0.444 e. The predicted octanol–water partition coefficient (Wildman–Crippen LogP) is 5.26. The van der Waals surface area contributed by atoms with Crippen molar-refractivity contribution in [2.75, 3.05) is 5.32 Å². The van der Waals surface area contributed by atoms with Gasteiger partial charge in [0, 0.05) is 11.3 Å². The van der Waals surface area contributed by atoms with Crippen LogP contribution in [0.5, 0.6) is 0 Å². The van der Waals surface area contributed by atoms with Gasteiger partial charge in [0.2, 0.25) is 5.89 Å². The molecule has 0 aliphatic rings. The van der Waals surface area contributed by atoms with Crippen LogP contribution in [0.4, 0.5) is 5.69 Å². The number of rotatable bonds is 4. The Hall–Kier alpha value is -1.97. The molecule has 0 saturated carbocycles. The van der Waals surface area contributed by atoms with Gasteiger partial charge >= 0.3 is 0 Å². The van der Waals surface area contributed by atoms with Gasteiger partial charge in [0.25, 0.3) is 0 Å². The summed E-state index contributed by atoms with van der Waals surface area (Å²) >= 11 is 11.9. The number of hydrogen-bond donors (Lipinski definition) is 1. The fourth-order valence-electron chi connectivity index (χ4n) is 1.90. The Labute approximate surface area is 132 Å². The highest BCUT2D eigenvalue weighted by Crippen LogP contribution is 2.25. The van der Waals surface area contributed by atoms with Crippen LogP contribution in [0.3, 0.4) is 0 Å². The third-order valence-electron chi connectivity index (χ3n) is 2.97. The molecule has 0 spiro atoms. The van der Waals surface area contributed by atoms with Crippen molar-refractivity contribution >= 4 is 28.9 Å². The number of halogens is 2. The molecule has 1 N–H and O–H groups in total. The van der Waals surface area contributed by atoms with Gasteiger partial charge in [0.1, 0.15) is 6.26 Å². The molecule has 0 saturated heterocycles. The average Bonchev–Trinajstić information content (AvgIpc) is 2.98. The Bertz CT molecular complexity index is 741. The van der Waals surface area contributed by atoms with Gasteiger partial charge in [-0.05, 0) is 30.3 Å². The first-order valence-electron chi connectivity index (χ1n) is 6.41. The topological polar surface area (TPSA) is 38.1 Å². The molecule has 1 aromatic heterocycles. The van der Waals surface area contributed by atoms with Crippen molar-refractivity contribution in [3.05, 3.63) is 70.5 Å². The molecule has 0 aliphatic carbocycles. The van der Waals surface area contributed by atoms with Gasteiger partial charge in [-0.2, -0.15) is 0 Å². The standard InChI is InChI=1S/C16H12Cl2N2O/c17-14-7-6-12(8-15(14)18)19-9-13-10-21-16(20-13)11-4-2-1-3-5-11/h1-8,10,19H,9H2. The monoisotopic (exact) mass is 318 g/mol. The molecule has 0 bridgehead atoms. The lowest BCUT2D eigenvalue weighted by molar-refractivity contribution is 0.573. The summed E-state index contributed by atoms with van der Waals surface area (Å²) in [7, 11) is 0. The Balaban J connectivity index is 1.69. The van der Waals surface area contributed by atoms with Crippen molar-refractivity contribution in [2.24, 2.45) is 0 Å². The largest absolute Gasteiger partial charge is 0.444 e. The highest BCUT2D eigenvalue weighted by atomic mass is 35.5. The summed E-state index contributed by atoms with van der Waals surface area (Å²) in [6, 6.07) is 15.2. The van der Waals surface area contributed by atoms with E-state index in [4.69, 9.17) is 27.6 Å². The lowest BCUT2D eigenvalue weighted by Crippen LogP contribution is -1.99. The maximum Gasteiger partial charge on any atom is 0.226 e. The van der Waals surface area contributed by atoms with Crippen molar-refractivity contribution < 1.29 is 4.42 Å². The Kier molecular flexibility index (Phi) is 4.13. The smallest absolute Gasteiger partial charge is 0.226 e. The molecule has 3 rings (SSSR count). The van der Waals surface area contributed by atoms with Crippen molar-refractivity contribution in [1.29, 1.82) is 0 Å². The summed E-state index contributed by atoms with van der Waals surface area (Å²) in [5.74, 6) is 0.613. The fraction of sp³-hybridized carbons (Fsp3) is 0.0625. The molecule has 0 unspecified atom stereocenters. The fourth-order valence-corrected chi connectivity index (χ4v) is 2.20. The SMILES string of the molecule is Clc1ccc(NCc2coc(-c3ccccc3)n2)cc1Cl. The number of oxazole rings is 1. The van der Waals surface area contributed by atoms with Crippen LogP contribution in [0, 0.1) is 0 Å². The molecule has 106 valence electrons. The first-order chi connectivity index (χ1) is 10.2. The molecule has 0 aliphatic heterocycles. The molecule has 21 heavy (non-hydrogen) atoms. The zero-order valence-electron chi connectivity index (χ0n) is 11.0. The lowest BCUT2D eigenvalue weighted by Gasteiger charge is -2.05. The van der Waals surface area contributed by atoms with Crippen LogP contribution >= 0.6 is 23.2 Å². The number of aromatic nitrogens is 1. The zero-order valence-corrected chi connectivity index (χ0v) is 12.5. The van der Waals surface area contributed by atoms with Gasteiger partial charge < -0.3 is 9.73 Å². The molecule has 3 nitrogen and oxygen atoms in total. The summed E-state index contributed by atoms with van der Waals surface area (Å²) in [6.45, 7) is 0.550. The number of hydrogen-bond acceptors (Lipinski definition) is 3. The van der Waals surface area contributed by atoms with E-state index in [0.29, 0.717) is 22.5 Å². The minimum atomic E-state index is 0.520. The van der Waals surface area contributed by atoms with Crippen molar-refractivity contribution in [3.8, 4) is 11.5 Å². The average molecular weight is 319 g/mol. The Morgan fingerprint density at radius 3 is 2.57 bits per heavy atom. The van der Waals surface area contributed by atoms with Crippen LogP contribution in [0.25, 0.3) is 11.5 Å². The molecule has 0 fully saturated rings. The van der Waals surface area contributed by atoms with Gasteiger partial charge in [-0.1, -0.05) is 41.4 Å². The van der Waals surface area contributed by atoms with E-state index >= 15 is 0 Å². The van der Waals surface area contributed by atoms with Crippen LogP contribution in [-0.2, 0) is 6.54 Å². The Morgan fingerprint density at radius 2 is 1.81 bits per heavy atom.